The van der Waals surface area contributed by atoms with Crippen LogP contribution >= 0.6 is 15.9 Å². The molecule has 0 bridgehead atoms. The van der Waals surface area contributed by atoms with E-state index in [0.717, 1.165) is 18.2 Å². The minimum atomic E-state index is -4.05. The largest absolute Gasteiger partial charge is 0.336 e. The monoisotopic (exact) mass is 441 g/mol. The average Bonchev–Trinajstić information content (AvgIpc) is 2.98. The van der Waals surface area contributed by atoms with Crippen LogP contribution in [0.4, 0.5) is 8.78 Å². The topological polar surface area (TPSA) is 64.0 Å². The number of hydrogen-bond donors (Lipinski definition) is 1. The van der Waals surface area contributed by atoms with Gasteiger partial charge in [0, 0.05) is 23.9 Å². The molecule has 1 heterocycles. The van der Waals surface area contributed by atoms with E-state index in [1.54, 1.807) is 23.9 Å². The van der Waals surface area contributed by atoms with Gasteiger partial charge in [0.1, 0.15) is 23.5 Å². The maximum Gasteiger partial charge on any atom is 0.242 e. The van der Waals surface area contributed by atoms with Crippen molar-refractivity contribution in [1.82, 2.24) is 14.3 Å². The highest BCUT2D eigenvalue weighted by Crippen LogP contribution is 2.27. The second-order valence-electron chi connectivity index (χ2n) is 5.58. The SMILES string of the molecule is Cn1ccnc1C(NS(=O)(=O)c1ccc(F)cc1Br)c1cccc(F)c1. The van der Waals surface area contributed by atoms with Gasteiger partial charge < -0.3 is 4.57 Å². The van der Waals surface area contributed by atoms with E-state index in [1.165, 1.54) is 24.4 Å². The van der Waals surface area contributed by atoms with Crippen LogP contribution < -0.4 is 4.72 Å². The van der Waals surface area contributed by atoms with Gasteiger partial charge in [-0.2, -0.15) is 4.72 Å². The smallest absolute Gasteiger partial charge is 0.242 e. The molecule has 1 unspecified atom stereocenters. The molecule has 0 saturated carbocycles. The molecule has 0 aliphatic heterocycles. The Labute approximate surface area is 157 Å². The molecule has 0 radical (unpaired) electrons. The van der Waals surface area contributed by atoms with Crippen LogP contribution in [0.2, 0.25) is 0 Å². The van der Waals surface area contributed by atoms with Crippen LogP contribution in [0, 0.1) is 11.6 Å². The first-order valence-electron chi connectivity index (χ1n) is 7.48. The van der Waals surface area contributed by atoms with E-state index < -0.39 is 27.7 Å². The highest BCUT2D eigenvalue weighted by molar-refractivity contribution is 9.10. The summed E-state index contributed by atoms with van der Waals surface area (Å²) in [4.78, 5) is 4.05. The summed E-state index contributed by atoms with van der Waals surface area (Å²) in [5.74, 6) is -0.678. The molecule has 0 fully saturated rings. The van der Waals surface area contributed by atoms with Gasteiger partial charge in [-0.25, -0.2) is 22.2 Å². The number of nitrogens with one attached hydrogen (secondary N) is 1. The van der Waals surface area contributed by atoms with Crippen molar-refractivity contribution in [2.24, 2.45) is 7.05 Å². The van der Waals surface area contributed by atoms with Gasteiger partial charge in [0.2, 0.25) is 10.0 Å². The molecular formula is C17H14BrF2N3O2S. The molecule has 5 nitrogen and oxygen atoms in total. The number of sulfonamides is 1. The van der Waals surface area contributed by atoms with Crippen molar-refractivity contribution in [1.29, 1.82) is 0 Å². The number of hydrogen-bond acceptors (Lipinski definition) is 3. The van der Waals surface area contributed by atoms with Crippen LogP contribution in [-0.4, -0.2) is 18.0 Å². The third kappa shape index (κ3) is 3.84. The fraction of sp³-hybridized carbons (Fsp3) is 0.118. The Balaban J connectivity index is 2.07. The molecule has 0 saturated heterocycles. The van der Waals surface area contributed by atoms with Gasteiger partial charge in [0.05, 0.1) is 4.90 Å². The Bertz CT molecular complexity index is 1050. The number of benzene rings is 2. The normalized spacial score (nSPS) is 12.9. The molecule has 3 rings (SSSR count). The molecule has 0 aliphatic carbocycles. The van der Waals surface area contributed by atoms with Gasteiger partial charge in [-0.05, 0) is 51.8 Å². The van der Waals surface area contributed by atoms with Crippen LogP contribution in [0.1, 0.15) is 17.4 Å². The van der Waals surface area contributed by atoms with Gasteiger partial charge in [0.15, 0.2) is 0 Å². The number of aryl methyl sites for hydroxylation is 1. The van der Waals surface area contributed by atoms with E-state index in [2.05, 4.69) is 25.6 Å². The van der Waals surface area contributed by atoms with Crippen molar-refractivity contribution < 1.29 is 17.2 Å². The fourth-order valence-corrected chi connectivity index (χ4v) is 4.75. The van der Waals surface area contributed by atoms with E-state index in [-0.39, 0.29) is 9.37 Å². The Morgan fingerprint density at radius 1 is 1.15 bits per heavy atom. The molecule has 1 atom stereocenters. The minimum Gasteiger partial charge on any atom is -0.336 e. The lowest BCUT2D eigenvalue weighted by Crippen LogP contribution is -2.31. The predicted molar refractivity (Wildman–Crippen MR) is 95.9 cm³/mol. The lowest BCUT2D eigenvalue weighted by Gasteiger charge is -2.20. The summed E-state index contributed by atoms with van der Waals surface area (Å²) < 4.78 is 56.9. The number of aromatic nitrogens is 2. The lowest BCUT2D eigenvalue weighted by atomic mass is 10.1. The summed E-state index contributed by atoms with van der Waals surface area (Å²) in [5.41, 5.74) is 0.390. The van der Waals surface area contributed by atoms with Crippen molar-refractivity contribution in [2.75, 3.05) is 0 Å². The summed E-state index contributed by atoms with van der Waals surface area (Å²) in [5, 5.41) is 0. The average molecular weight is 442 g/mol. The van der Waals surface area contributed by atoms with Gasteiger partial charge >= 0.3 is 0 Å². The zero-order chi connectivity index (χ0) is 18.9. The maximum atomic E-state index is 13.7. The van der Waals surface area contributed by atoms with E-state index in [0.29, 0.717) is 11.4 Å². The van der Waals surface area contributed by atoms with E-state index in [1.807, 2.05) is 0 Å². The van der Waals surface area contributed by atoms with Gasteiger partial charge in [-0.3, -0.25) is 0 Å². The number of nitrogens with zero attached hydrogens (tertiary/aromatic N) is 2. The molecule has 3 aromatic rings. The van der Waals surface area contributed by atoms with Crippen LogP contribution in [0.3, 0.4) is 0 Å². The highest BCUT2D eigenvalue weighted by atomic mass is 79.9. The molecular weight excluding hydrogens is 428 g/mol. The molecule has 0 aliphatic rings. The molecule has 0 amide bonds. The minimum absolute atomic E-state index is 0.0860. The first kappa shape index (κ1) is 18.7. The Morgan fingerprint density at radius 3 is 2.50 bits per heavy atom. The number of imidazole rings is 1. The van der Waals surface area contributed by atoms with Gasteiger partial charge in [0.25, 0.3) is 0 Å². The highest BCUT2D eigenvalue weighted by Gasteiger charge is 2.27. The Kier molecular flexibility index (Phi) is 5.22. The number of halogens is 3. The molecule has 136 valence electrons. The predicted octanol–water partition coefficient (Wildman–Crippen LogP) is 3.53. The lowest BCUT2D eigenvalue weighted by molar-refractivity contribution is 0.559. The summed E-state index contributed by atoms with van der Waals surface area (Å²) in [6, 6.07) is 7.94. The van der Waals surface area contributed by atoms with Crippen molar-refractivity contribution in [3.8, 4) is 0 Å². The van der Waals surface area contributed by atoms with Crippen molar-refractivity contribution in [3.63, 3.8) is 0 Å². The zero-order valence-corrected chi connectivity index (χ0v) is 15.9. The molecule has 1 aromatic heterocycles. The van der Waals surface area contributed by atoms with Crippen molar-refractivity contribution in [2.45, 2.75) is 10.9 Å². The molecule has 2 aromatic carbocycles. The molecule has 1 N–H and O–H groups in total. The maximum absolute atomic E-state index is 13.7. The second kappa shape index (κ2) is 7.26. The first-order chi connectivity index (χ1) is 12.3. The Hall–Kier alpha value is -2.10. The third-order valence-corrected chi connectivity index (χ3v) is 6.15. The quantitative estimate of drug-likeness (QED) is 0.658. The summed E-state index contributed by atoms with van der Waals surface area (Å²) >= 11 is 3.06. The Morgan fingerprint density at radius 2 is 1.88 bits per heavy atom. The second-order valence-corrected chi connectivity index (χ2v) is 8.12. The van der Waals surface area contributed by atoms with Crippen LogP contribution in [-0.2, 0) is 17.1 Å². The van der Waals surface area contributed by atoms with Gasteiger partial charge in [-0.15, -0.1) is 0 Å². The first-order valence-corrected chi connectivity index (χ1v) is 9.75. The summed E-state index contributed by atoms with van der Waals surface area (Å²) in [6.45, 7) is 0. The van der Waals surface area contributed by atoms with Crippen molar-refractivity contribution >= 4 is 26.0 Å². The van der Waals surface area contributed by atoms with E-state index in [9.17, 15) is 17.2 Å². The van der Waals surface area contributed by atoms with Gasteiger partial charge in [-0.1, -0.05) is 12.1 Å². The molecule has 0 spiro atoms. The summed E-state index contributed by atoms with van der Waals surface area (Å²) in [6.07, 6.45) is 3.17. The molecule has 9 heteroatoms. The fourth-order valence-electron chi connectivity index (χ4n) is 2.52. The third-order valence-electron chi connectivity index (χ3n) is 3.76. The van der Waals surface area contributed by atoms with Crippen molar-refractivity contribution in [3.05, 3.63) is 82.4 Å². The molecule has 26 heavy (non-hydrogen) atoms. The van der Waals surface area contributed by atoms with Crippen LogP contribution in [0.25, 0.3) is 0 Å². The van der Waals surface area contributed by atoms with Crippen LogP contribution in [0.15, 0.2) is 64.2 Å². The summed E-state index contributed by atoms with van der Waals surface area (Å²) in [7, 11) is -2.34. The standard InChI is InChI=1S/C17H14BrF2N3O2S/c1-23-8-7-21-17(23)16(11-3-2-4-12(19)9-11)22-26(24,25)15-6-5-13(20)10-14(15)18/h2-10,16,22H,1H3. The number of rotatable bonds is 5. The van der Waals surface area contributed by atoms with Crippen LogP contribution in [0.5, 0.6) is 0 Å². The van der Waals surface area contributed by atoms with E-state index >= 15 is 0 Å². The zero-order valence-electron chi connectivity index (χ0n) is 13.5. The van der Waals surface area contributed by atoms with E-state index in [4.69, 9.17) is 0 Å².